The highest BCUT2D eigenvalue weighted by atomic mass is 16.5. The molecule has 0 spiro atoms. The van der Waals surface area contributed by atoms with E-state index in [1.54, 1.807) is 19.2 Å². The number of fused-ring (bicyclic) bond motifs is 1. The molecule has 120 valence electrons. The molecule has 0 fully saturated rings. The number of hydrogen-bond donors (Lipinski definition) is 2. The number of ether oxygens (including phenoxy) is 1. The van der Waals surface area contributed by atoms with Gasteiger partial charge >= 0.3 is 0 Å². The van der Waals surface area contributed by atoms with Crippen molar-refractivity contribution < 1.29 is 14.6 Å². The number of aliphatic hydroxyl groups is 1. The summed E-state index contributed by atoms with van der Waals surface area (Å²) in [5.74, 6) is 0.493. The van der Waals surface area contributed by atoms with Gasteiger partial charge in [0.15, 0.2) is 0 Å². The molecule has 1 amide bonds. The van der Waals surface area contributed by atoms with Gasteiger partial charge in [0, 0.05) is 17.7 Å². The molecule has 23 heavy (non-hydrogen) atoms. The Hall–Kier alpha value is -2.33. The van der Waals surface area contributed by atoms with E-state index in [9.17, 15) is 9.90 Å². The van der Waals surface area contributed by atoms with Crippen LogP contribution < -0.4 is 10.1 Å². The zero-order chi connectivity index (χ0) is 16.2. The van der Waals surface area contributed by atoms with E-state index in [2.05, 4.69) is 11.4 Å². The molecule has 0 saturated carbocycles. The number of hydrogen-bond acceptors (Lipinski definition) is 3. The number of aliphatic hydroxyl groups excluding tert-OH is 1. The highest BCUT2D eigenvalue weighted by Gasteiger charge is 2.20. The number of amides is 1. The van der Waals surface area contributed by atoms with Gasteiger partial charge in [0.05, 0.1) is 13.2 Å². The molecular formula is C19H21NO3. The zero-order valence-electron chi connectivity index (χ0n) is 13.2. The Morgan fingerprint density at radius 1 is 1.22 bits per heavy atom. The number of methoxy groups -OCH3 is 1. The van der Waals surface area contributed by atoms with E-state index in [0.29, 0.717) is 11.3 Å². The average molecular weight is 311 g/mol. The van der Waals surface area contributed by atoms with Crippen LogP contribution in [0.3, 0.4) is 0 Å². The number of nitrogens with one attached hydrogen (secondary N) is 1. The van der Waals surface area contributed by atoms with Crippen LogP contribution in [0.4, 0.5) is 0 Å². The maximum atomic E-state index is 12.4. The predicted octanol–water partition coefficient (Wildman–Crippen LogP) is 2.65. The third-order valence-corrected chi connectivity index (χ3v) is 4.34. The van der Waals surface area contributed by atoms with Crippen LogP contribution >= 0.6 is 0 Å². The van der Waals surface area contributed by atoms with Crippen LogP contribution in [0.15, 0.2) is 42.5 Å². The predicted molar refractivity (Wildman–Crippen MR) is 88.8 cm³/mol. The number of carbonyl (C=O) groups excluding carboxylic acids is 1. The smallest absolute Gasteiger partial charge is 0.251 e. The largest absolute Gasteiger partial charge is 0.496 e. The maximum absolute atomic E-state index is 12.4. The van der Waals surface area contributed by atoms with Crippen molar-refractivity contribution in [3.63, 3.8) is 0 Å². The van der Waals surface area contributed by atoms with Crippen molar-refractivity contribution in [3.05, 3.63) is 64.7 Å². The van der Waals surface area contributed by atoms with Gasteiger partial charge in [-0.05, 0) is 42.5 Å². The molecule has 0 heterocycles. The minimum absolute atomic E-state index is 0.127. The minimum Gasteiger partial charge on any atom is -0.496 e. The fraction of sp³-hybridized carbons (Fsp3) is 0.316. The molecule has 0 radical (unpaired) electrons. The van der Waals surface area contributed by atoms with Crippen LogP contribution in [-0.2, 0) is 12.8 Å². The molecule has 3 rings (SSSR count). The van der Waals surface area contributed by atoms with Crippen molar-refractivity contribution in [3.8, 4) is 5.75 Å². The molecule has 1 atom stereocenters. The van der Waals surface area contributed by atoms with Crippen LogP contribution in [0, 0.1) is 0 Å². The summed E-state index contributed by atoms with van der Waals surface area (Å²) >= 11 is 0. The van der Waals surface area contributed by atoms with E-state index in [1.165, 1.54) is 5.56 Å². The van der Waals surface area contributed by atoms with Gasteiger partial charge in [-0.2, -0.15) is 0 Å². The maximum Gasteiger partial charge on any atom is 0.251 e. The van der Waals surface area contributed by atoms with E-state index in [4.69, 9.17) is 4.74 Å². The van der Waals surface area contributed by atoms with Crippen molar-refractivity contribution in [2.75, 3.05) is 13.7 Å². The lowest BCUT2D eigenvalue weighted by atomic mass is 10.0. The summed E-state index contributed by atoms with van der Waals surface area (Å²) in [5, 5.41) is 13.2. The molecule has 2 N–H and O–H groups in total. The van der Waals surface area contributed by atoms with Gasteiger partial charge in [-0.3, -0.25) is 4.79 Å². The van der Waals surface area contributed by atoms with Gasteiger partial charge < -0.3 is 15.2 Å². The molecular weight excluding hydrogens is 290 g/mol. The van der Waals surface area contributed by atoms with E-state index in [-0.39, 0.29) is 12.5 Å². The second-order valence-electron chi connectivity index (χ2n) is 5.76. The van der Waals surface area contributed by atoms with Crippen LogP contribution in [0.5, 0.6) is 5.75 Å². The van der Waals surface area contributed by atoms with Crippen molar-refractivity contribution in [2.24, 2.45) is 0 Å². The van der Waals surface area contributed by atoms with Gasteiger partial charge in [0.1, 0.15) is 5.75 Å². The molecule has 4 heteroatoms. The van der Waals surface area contributed by atoms with Crippen LogP contribution in [0.1, 0.15) is 39.6 Å². The molecule has 2 aromatic rings. The Balaban J connectivity index is 1.69. The SMILES string of the molecule is COc1ccccc1[C@H](O)CNC(=O)c1cccc2c1CCC2. The number of carbonyl (C=O) groups is 1. The molecule has 0 unspecified atom stereocenters. The van der Waals surface area contributed by atoms with Gasteiger partial charge in [-0.15, -0.1) is 0 Å². The fourth-order valence-electron chi connectivity index (χ4n) is 3.17. The third kappa shape index (κ3) is 3.22. The van der Waals surface area contributed by atoms with E-state index < -0.39 is 6.10 Å². The van der Waals surface area contributed by atoms with Gasteiger partial charge in [-0.1, -0.05) is 30.3 Å². The third-order valence-electron chi connectivity index (χ3n) is 4.34. The van der Waals surface area contributed by atoms with Crippen molar-refractivity contribution in [1.29, 1.82) is 0 Å². The first-order valence-corrected chi connectivity index (χ1v) is 7.90. The van der Waals surface area contributed by atoms with Crippen molar-refractivity contribution in [1.82, 2.24) is 5.32 Å². The summed E-state index contributed by atoms with van der Waals surface area (Å²) in [6.45, 7) is 0.156. The number of aryl methyl sites for hydroxylation is 1. The van der Waals surface area contributed by atoms with Crippen molar-refractivity contribution >= 4 is 5.91 Å². The van der Waals surface area contributed by atoms with Gasteiger partial charge in [0.25, 0.3) is 5.91 Å². The highest BCUT2D eigenvalue weighted by Crippen LogP contribution is 2.26. The second-order valence-corrected chi connectivity index (χ2v) is 5.76. The molecule has 2 aromatic carbocycles. The highest BCUT2D eigenvalue weighted by molar-refractivity contribution is 5.96. The first-order valence-electron chi connectivity index (χ1n) is 7.90. The van der Waals surface area contributed by atoms with Gasteiger partial charge in [-0.25, -0.2) is 0 Å². The number of rotatable bonds is 5. The lowest BCUT2D eigenvalue weighted by Crippen LogP contribution is -2.29. The Bertz CT molecular complexity index is 712. The molecule has 0 aromatic heterocycles. The summed E-state index contributed by atoms with van der Waals surface area (Å²) < 4.78 is 5.25. The first kappa shape index (κ1) is 15.6. The minimum atomic E-state index is -0.799. The van der Waals surface area contributed by atoms with Crippen LogP contribution in [-0.4, -0.2) is 24.7 Å². The molecule has 1 aliphatic carbocycles. The Morgan fingerprint density at radius 2 is 2.04 bits per heavy atom. The average Bonchev–Trinajstić information content (AvgIpc) is 3.07. The second kappa shape index (κ2) is 6.84. The lowest BCUT2D eigenvalue weighted by Gasteiger charge is -2.16. The topological polar surface area (TPSA) is 58.6 Å². The summed E-state index contributed by atoms with van der Waals surface area (Å²) in [6.07, 6.45) is 2.30. The van der Waals surface area contributed by atoms with E-state index in [0.717, 1.165) is 30.4 Å². The quantitative estimate of drug-likeness (QED) is 0.892. The Labute approximate surface area is 136 Å². The summed E-state index contributed by atoms with van der Waals surface area (Å²) in [6, 6.07) is 13.2. The molecule has 0 aliphatic heterocycles. The van der Waals surface area contributed by atoms with E-state index >= 15 is 0 Å². The molecule has 4 nitrogen and oxygen atoms in total. The molecule has 0 bridgehead atoms. The number of para-hydroxylation sites is 1. The zero-order valence-corrected chi connectivity index (χ0v) is 13.2. The monoisotopic (exact) mass is 311 g/mol. The van der Waals surface area contributed by atoms with Crippen LogP contribution in [0.2, 0.25) is 0 Å². The summed E-state index contributed by atoms with van der Waals surface area (Å²) in [7, 11) is 1.57. The normalized spacial score (nSPS) is 14.2. The van der Waals surface area contributed by atoms with Crippen LogP contribution in [0.25, 0.3) is 0 Å². The van der Waals surface area contributed by atoms with Gasteiger partial charge in [0.2, 0.25) is 0 Å². The summed E-state index contributed by atoms with van der Waals surface area (Å²) in [5.41, 5.74) is 3.82. The molecule has 0 saturated heterocycles. The van der Waals surface area contributed by atoms with E-state index in [1.807, 2.05) is 24.3 Å². The van der Waals surface area contributed by atoms with Crippen molar-refractivity contribution in [2.45, 2.75) is 25.4 Å². The first-order chi connectivity index (χ1) is 11.2. The molecule has 1 aliphatic rings. The summed E-state index contributed by atoms with van der Waals surface area (Å²) in [4.78, 5) is 12.4. The standard InChI is InChI=1S/C19H21NO3/c1-23-18-11-3-2-8-16(18)17(21)12-20-19(22)15-10-5-7-13-6-4-9-14(13)15/h2-3,5,7-8,10-11,17,21H,4,6,9,12H2,1H3,(H,20,22)/t17-/m1/s1. The lowest BCUT2D eigenvalue weighted by molar-refractivity contribution is 0.0913. The Kier molecular flexibility index (Phi) is 4.63. The number of benzene rings is 2. The Morgan fingerprint density at radius 3 is 2.87 bits per heavy atom. The fourth-order valence-corrected chi connectivity index (χ4v) is 3.17.